The first-order valence-electron chi connectivity index (χ1n) is 18.5. The molecule has 1 aliphatic rings. The average molecular weight is 832 g/mol. The maximum atomic E-state index is 14.1. The van der Waals surface area contributed by atoms with Crippen molar-refractivity contribution in [3.05, 3.63) is 71.8 Å². The van der Waals surface area contributed by atoms with E-state index in [0.29, 0.717) is 56.4 Å². The molecule has 1 heterocycles. The second-order valence-electron chi connectivity index (χ2n) is 14.6. The molecule has 0 spiro atoms. The van der Waals surface area contributed by atoms with Gasteiger partial charge in [0.05, 0.1) is 25.8 Å². The Morgan fingerprint density at radius 3 is 1.75 bits per heavy atom. The van der Waals surface area contributed by atoms with Crippen LogP contribution >= 0.6 is 22.6 Å². The van der Waals surface area contributed by atoms with E-state index in [0.717, 1.165) is 11.1 Å². The standard InChI is InChI=1S/C40H58IN5O6/c1-27(2)22-33(37(48)29(5)25-41)43-40(51)35(24-31-14-10-7-11-15-31)45-39(50)34(23-28(3)4)44-38(49)32(17-16-30-12-8-6-9-13-30)42-36(47)26-46-18-20-52-21-19-46/h6-15,27-29,32-35H,16-26H2,1-5H3,(H,42,47)(H,43,51)(H,44,49)(H,45,50)/t29?,32-,33-,34-,35-/m0/s1. The van der Waals surface area contributed by atoms with Crippen LogP contribution in [0.25, 0.3) is 0 Å². The molecular weight excluding hydrogens is 773 g/mol. The minimum Gasteiger partial charge on any atom is -0.379 e. The lowest BCUT2D eigenvalue weighted by Gasteiger charge is -2.29. The fraction of sp³-hybridized carbons (Fsp3) is 0.575. The molecule has 52 heavy (non-hydrogen) atoms. The van der Waals surface area contributed by atoms with Crippen LogP contribution in [-0.4, -0.2) is 95.8 Å². The van der Waals surface area contributed by atoms with Crippen molar-refractivity contribution in [3.8, 4) is 0 Å². The predicted octanol–water partition coefficient (Wildman–Crippen LogP) is 3.87. The number of carbonyl (C=O) groups is 5. The van der Waals surface area contributed by atoms with Gasteiger partial charge in [-0.3, -0.25) is 28.9 Å². The Bertz CT molecular complexity index is 1420. The van der Waals surface area contributed by atoms with Gasteiger partial charge in [-0.1, -0.05) is 118 Å². The number of ether oxygens (including phenoxy) is 1. The van der Waals surface area contributed by atoms with Gasteiger partial charge in [0, 0.05) is 29.9 Å². The zero-order valence-electron chi connectivity index (χ0n) is 31.4. The summed E-state index contributed by atoms with van der Waals surface area (Å²) in [4.78, 5) is 70.4. The number of rotatable bonds is 21. The van der Waals surface area contributed by atoms with Crippen molar-refractivity contribution < 1.29 is 28.7 Å². The maximum absolute atomic E-state index is 14.1. The Hall–Kier alpha value is -3.36. The van der Waals surface area contributed by atoms with E-state index in [2.05, 4.69) is 43.9 Å². The third-order valence-corrected chi connectivity index (χ3v) is 10.3. The summed E-state index contributed by atoms with van der Waals surface area (Å²) in [6, 6.07) is 15.5. The Kier molecular flexibility index (Phi) is 18.8. The Balaban J connectivity index is 1.82. The van der Waals surface area contributed by atoms with E-state index in [1.807, 2.05) is 100 Å². The fourth-order valence-electron chi connectivity index (χ4n) is 6.14. The van der Waals surface area contributed by atoms with Crippen LogP contribution in [0, 0.1) is 17.8 Å². The second kappa shape index (κ2) is 22.7. The molecule has 1 unspecified atom stereocenters. The first-order valence-corrected chi connectivity index (χ1v) is 20.1. The number of ketones is 1. The molecule has 0 bridgehead atoms. The SMILES string of the molecule is CC(C)C[C@H](NC(=O)[C@H](CCc1ccccc1)NC(=O)CN1CCOCC1)C(=O)N[C@@H](Cc1ccccc1)C(=O)N[C@@H](CC(C)C)C(=O)C(C)CI. The van der Waals surface area contributed by atoms with Gasteiger partial charge in [-0.25, -0.2) is 0 Å². The third kappa shape index (κ3) is 15.3. The van der Waals surface area contributed by atoms with E-state index >= 15 is 0 Å². The van der Waals surface area contributed by atoms with Gasteiger partial charge < -0.3 is 26.0 Å². The number of halogens is 1. The molecule has 0 aliphatic carbocycles. The average Bonchev–Trinajstić information content (AvgIpc) is 3.12. The van der Waals surface area contributed by atoms with E-state index < -0.39 is 41.9 Å². The number of Topliss-reactive ketones (excluding diaryl/α,β-unsaturated/α-hetero) is 1. The number of aryl methyl sites for hydroxylation is 1. The lowest BCUT2D eigenvalue weighted by atomic mass is 9.93. The van der Waals surface area contributed by atoms with Gasteiger partial charge in [0.1, 0.15) is 18.1 Å². The molecule has 2 aromatic carbocycles. The molecule has 0 saturated carbocycles. The highest BCUT2D eigenvalue weighted by Crippen LogP contribution is 2.15. The van der Waals surface area contributed by atoms with Crippen molar-refractivity contribution in [3.63, 3.8) is 0 Å². The van der Waals surface area contributed by atoms with Crippen LogP contribution in [0.5, 0.6) is 0 Å². The van der Waals surface area contributed by atoms with Crippen LogP contribution in [-0.2, 0) is 41.6 Å². The number of amides is 4. The molecule has 1 saturated heterocycles. The van der Waals surface area contributed by atoms with Gasteiger partial charge in [-0.2, -0.15) is 0 Å². The van der Waals surface area contributed by atoms with Crippen molar-refractivity contribution in [2.24, 2.45) is 17.8 Å². The lowest BCUT2D eigenvalue weighted by Crippen LogP contribution is -2.59. The molecule has 1 fully saturated rings. The van der Waals surface area contributed by atoms with Crippen LogP contribution in [0.3, 0.4) is 0 Å². The molecule has 12 heteroatoms. The number of benzene rings is 2. The smallest absolute Gasteiger partial charge is 0.243 e. The molecule has 11 nitrogen and oxygen atoms in total. The number of alkyl halides is 1. The fourth-order valence-corrected chi connectivity index (χ4v) is 6.58. The zero-order valence-corrected chi connectivity index (χ0v) is 33.5. The van der Waals surface area contributed by atoms with E-state index in [1.165, 1.54) is 0 Å². The number of morpholine rings is 1. The molecule has 2 aromatic rings. The van der Waals surface area contributed by atoms with E-state index in [-0.39, 0.29) is 42.4 Å². The first-order chi connectivity index (χ1) is 24.9. The van der Waals surface area contributed by atoms with E-state index in [9.17, 15) is 24.0 Å². The van der Waals surface area contributed by atoms with Crippen LogP contribution in [0.4, 0.5) is 0 Å². The summed E-state index contributed by atoms with van der Waals surface area (Å²) in [5.41, 5.74) is 1.86. The first kappa shape index (κ1) is 43.0. The Morgan fingerprint density at radius 1 is 0.673 bits per heavy atom. The van der Waals surface area contributed by atoms with Crippen molar-refractivity contribution in [2.75, 3.05) is 37.3 Å². The summed E-state index contributed by atoms with van der Waals surface area (Å²) in [6.45, 7) is 12.3. The largest absolute Gasteiger partial charge is 0.379 e. The molecule has 1 aliphatic heterocycles. The van der Waals surface area contributed by atoms with Crippen molar-refractivity contribution in [1.82, 2.24) is 26.2 Å². The maximum Gasteiger partial charge on any atom is 0.243 e. The van der Waals surface area contributed by atoms with Crippen LogP contribution in [0.1, 0.15) is 65.0 Å². The number of nitrogens with one attached hydrogen (secondary N) is 4. The van der Waals surface area contributed by atoms with Crippen molar-refractivity contribution in [2.45, 2.75) is 90.9 Å². The highest BCUT2D eigenvalue weighted by atomic mass is 127. The van der Waals surface area contributed by atoms with E-state index in [4.69, 9.17) is 4.74 Å². The molecule has 4 amide bonds. The molecular formula is C40H58IN5O6. The Labute approximate surface area is 323 Å². The molecule has 3 rings (SSSR count). The number of carbonyl (C=O) groups excluding carboxylic acids is 5. The third-order valence-electron chi connectivity index (χ3n) is 9.03. The van der Waals surface area contributed by atoms with Gasteiger partial charge in [-0.15, -0.1) is 0 Å². The highest BCUT2D eigenvalue weighted by molar-refractivity contribution is 14.1. The van der Waals surface area contributed by atoms with Crippen molar-refractivity contribution in [1.29, 1.82) is 0 Å². The molecule has 4 N–H and O–H groups in total. The summed E-state index contributed by atoms with van der Waals surface area (Å²) in [5, 5.41) is 11.7. The topological polar surface area (TPSA) is 146 Å². The molecule has 0 aromatic heterocycles. The zero-order chi connectivity index (χ0) is 38.0. The van der Waals surface area contributed by atoms with Crippen LogP contribution < -0.4 is 21.3 Å². The number of hydrogen-bond acceptors (Lipinski definition) is 7. The summed E-state index contributed by atoms with van der Waals surface area (Å²) in [7, 11) is 0. The monoisotopic (exact) mass is 831 g/mol. The number of hydrogen-bond donors (Lipinski definition) is 4. The predicted molar refractivity (Wildman–Crippen MR) is 212 cm³/mol. The molecule has 5 atom stereocenters. The van der Waals surface area contributed by atoms with Gasteiger partial charge in [0.25, 0.3) is 0 Å². The lowest BCUT2D eigenvalue weighted by molar-refractivity contribution is -0.135. The highest BCUT2D eigenvalue weighted by Gasteiger charge is 2.33. The minimum atomic E-state index is -0.999. The summed E-state index contributed by atoms with van der Waals surface area (Å²) in [5.74, 6) is -1.79. The normalized spacial score (nSPS) is 16.3. The summed E-state index contributed by atoms with van der Waals surface area (Å²) >= 11 is 2.18. The second-order valence-corrected chi connectivity index (χ2v) is 15.5. The quantitative estimate of drug-likeness (QED) is 0.111. The number of nitrogens with zero attached hydrogens (tertiary/aromatic N) is 1. The molecule has 286 valence electrons. The molecule has 0 radical (unpaired) electrons. The minimum absolute atomic E-state index is 0.0268. The van der Waals surface area contributed by atoms with Crippen molar-refractivity contribution >= 4 is 52.0 Å². The van der Waals surface area contributed by atoms with E-state index in [1.54, 1.807) is 0 Å². The van der Waals surface area contributed by atoms with Gasteiger partial charge in [0.15, 0.2) is 5.78 Å². The van der Waals surface area contributed by atoms with Gasteiger partial charge in [0.2, 0.25) is 23.6 Å². The van der Waals surface area contributed by atoms with Crippen LogP contribution in [0.15, 0.2) is 60.7 Å². The van der Waals surface area contributed by atoms with Crippen LogP contribution in [0.2, 0.25) is 0 Å². The van der Waals surface area contributed by atoms with Gasteiger partial charge in [-0.05, 0) is 48.6 Å². The summed E-state index contributed by atoms with van der Waals surface area (Å²) < 4.78 is 6.03. The Morgan fingerprint density at radius 2 is 1.17 bits per heavy atom. The van der Waals surface area contributed by atoms with Gasteiger partial charge >= 0.3 is 0 Å². The summed E-state index contributed by atoms with van der Waals surface area (Å²) in [6.07, 6.45) is 1.87.